The third kappa shape index (κ3) is 4.27. The number of nitrogens with zero attached hydrogens (tertiary/aromatic N) is 5. The third-order valence-corrected chi connectivity index (χ3v) is 6.93. The SMILES string of the molecule is Cc1nccn1Cc1cc2c(c(-c3cn(C)nc3C(F)(F)F)c1)CCN(Cc1ccc3c(c1)OCO3)C2=O. The van der Waals surface area contributed by atoms with Crippen LogP contribution in [0.4, 0.5) is 13.2 Å². The number of alkyl halides is 3. The fourth-order valence-corrected chi connectivity index (χ4v) is 5.12. The molecule has 2 aliphatic rings. The van der Waals surface area contributed by atoms with E-state index in [0.717, 1.165) is 16.1 Å². The van der Waals surface area contributed by atoms with Crippen LogP contribution in [0, 0.1) is 6.92 Å². The Morgan fingerprint density at radius 2 is 1.79 bits per heavy atom. The first kappa shape index (κ1) is 24.1. The maximum absolute atomic E-state index is 13.9. The molecule has 0 bridgehead atoms. The van der Waals surface area contributed by atoms with E-state index in [-0.39, 0.29) is 18.3 Å². The Hall–Kier alpha value is -4.28. The van der Waals surface area contributed by atoms with Gasteiger partial charge in [-0.1, -0.05) is 6.07 Å². The van der Waals surface area contributed by atoms with Crippen LogP contribution < -0.4 is 9.47 Å². The molecular formula is C27H24F3N5O3. The minimum atomic E-state index is -4.63. The Bertz CT molecular complexity index is 1560. The molecule has 0 unspecified atom stereocenters. The zero-order chi connectivity index (χ0) is 26.6. The Morgan fingerprint density at radius 3 is 2.55 bits per heavy atom. The summed E-state index contributed by atoms with van der Waals surface area (Å²) in [5.41, 5.74) is 1.97. The topological polar surface area (TPSA) is 74.4 Å². The summed E-state index contributed by atoms with van der Waals surface area (Å²) >= 11 is 0. The van der Waals surface area contributed by atoms with E-state index in [1.54, 1.807) is 29.4 Å². The normalized spacial score (nSPS) is 14.8. The lowest BCUT2D eigenvalue weighted by molar-refractivity contribution is -0.140. The number of carbonyl (C=O) groups excluding carboxylic acids is 1. The van der Waals surface area contributed by atoms with Crippen molar-refractivity contribution < 1.29 is 27.4 Å². The molecule has 0 spiro atoms. The summed E-state index contributed by atoms with van der Waals surface area (Å²) in [6.45, 7) is 3.08. The number of imidazole rings is 1. The van der Waals surface area contributed by atoms with Gasteiger partial charge < -0.3 is 18.9 Å². The molecule has 0 radical (unpaired) electrons. The number of halogens is 3. The molecule has 8 nitrogen and oxygen atoms in total. The number of aromatic nitrogens is 4. The molecule has 6 rings (SSSR count). The van der Waals surface area contributed by atoms with Crippen molar-refractivity contribution in [3.8, 4) is 22.6 Å². The van der Waals surface area contributed by atoms with Gasteiger partial charge in [-0.2, -0.15) is 18.3 Å². The highest BCUT2D eigenvalue weighted by Gasteiger charge is 2.39. The fraction of sp³-hybridized carbons (Fsp3) is 0.296. The highest BCUT2D eigenvalue weighted by molar-refractivity contribution is 5.99. The van der Waals surface area contributed by atoms with Gasteiger partial charge >= 0.3 is 6.18 Å². The number of fused-ring (bicyclic) bond motifs is 2. The molecule has 11 heteroatoms. The minimum absolute atomic E-state index is 0.0301. The lowest BCUT2D eigenvalue weighted by Gasteiger charge is -2.31. The largest absolute Gasteiger partial charge is 0.454 e. The molecule has 0 saturated heterocycles. The van der Waals surface area contributed by atoms with Crippen molar-refractivity contribution in [3.05, 3.63) is 82.7 Å². The van der Waals surface area contributed by atoms with Gasteiger partial charge in [0.05, 0.1) is 0 Å². The summed E-state index contributed by atoms with van der Waals surface area (Å²) in [6.07, 6.45) is 0.610. The summed E-state index contributed by atoms with van der Waals surface area (Å²) in [5.74, 6) is 1.82. The Kier molecular flexibility index (Phi) is 5.66. The molecular weight excluding hydrogens is 499 g/mol. The number of rotatable bonds is 5. The maximum atomic E-state index is 13.9. The van der Waals surface area contributed by atoms with Gasteiger partial charge in [0.15, 0.2) is 17.2 Å². The molecule has 0 atom stereocenters. The number of amides is 1. The van der Waals surface area contributed by atoms with Crippen molar-refractivity contribution in [1.82, 2.24) is 24.2 Å². The first-order valence-corrected chi connectivity index (χ1v) is 12.1. The van der Waals surface area contributed by atoms with Crippen molar-refractivity contribution in [2.75, 3.05) is 13.3 Å². The van der Waals surface area contributed by atoms with Gasteiger partial charge in [-0.3, -0.25) is 9.48 Å². The summed E-state index contributed by atoms with van der Waals surface area (Å²) in [7, 11) is 1.46. The first-order valence-electron chi connectivity index (χ1n) is 12.1. The Labute approximate surface area is 216 Å². The summed E-state index contributed by atoms with van der Waals surface area (Å²) < 4.78 is 55.7. The van der Waals surface area contributed by atoms with Crippen LogP contribution in [0.2, 0.25) is 0 Å². The van der Waals surface area contributed by atoms with Crippen LogP contribution in [0.1, 0.15) is 38.6 Å². The number of hydrogen-bond donors (Lipinski definition) is 0. The summed E-state index contributed by atoms with van der Waals surface area (Å²) in [6, 6.07) is 9.07. The Balaban J connectivity index is 1.42. The molecule has 2 aliphatic heterocycles. The molecule has 1 amide bonds. The molecule has 4 aromatic rings. The van der Waals surface area contributed by atoms with Crippen LogP contribution >= 0.6 is 0 Å². The lowest BCUT2D eigenvalue weighted by atomic mass is 9.88. The van der Waals surface area contributed by atoms with E-state index in [4.69, 9.17) is 9.47 Å². The summed E-state index contributed by atoms with van der Waals surface area (Å²) in [4.78, 5) is 19.7. The van der Waals surface area contributed by atoms with Crippen molar-refractivity contribution in [1.29, 1.82) is 0 Å². The van der Waals surface area contributed by atoms with Crippen LogP contribution in [-0.4, -0.2) is 43.5 Å². The molecule has 2 aromatic heterocycles. The van der Waals surface area contributed by atoms with Gasteiger partial charge in [-0.05, 0) is 59.9 Å². The van der Waals surface area contributed by atoms with Crippen LogP contribution in [0.15, 0.2) is 48.9 Å². The van der Waals surface area contributed by atoms with Gasteiger partial charge in [-0.15, -0.1) is 0 Å². The molecule has 38 heavy (non-hydrogen) atoms. The number of ether oxygens (including phenoxy) is 2. The molecule has 0 fully saturated rings. The van der Waals surface area contributed by atoms with Crippen LogP contribution in [-0.2, 0) is 32.7 Å². The van der Waals surface area contributed by atoms with Crippen molar-refractivity contribution in [2.45, 2.75) is 32.6 Å². The van der Waals surface area contributed by atoms with E-state index in [0.29, 0.717) is 59.8 Å². The molecule has 196 valence electrons. The molecule has 0 saturated carbocycles. The standard InChI is InChI=1S/C27H24F3N5O3/c1-16-31-6-8-34(16)13-18-9-20(22-14-33(2)32-25(22)27(28,29)30)19-5-7-35(26(36)21(19)10-18)12-17-3-4-23-24(11-17)38-15-37-23/h3-4,6,8-11,14H,5,7,12-13,15H2,1-2H3. The van der Waals surface area contributed by atoms with Gasteiger partial charge in [-0.25, -0.2) is 4.98 Å². The second-order valence-electron chi connectivity index (χ2n) is 9.50. The van der Waals surface area contributed by atoms with E-state index in [1.165, 1.54) is 13.2 Å². The minimum Gasteiger partial charge on any atom is -0.454 e. The van der Waals surface area contributed by atoms with Crippen molar-refractivity contribution in [3.63, 3.8) is 0 Å². The lowest BCUT2D eigenvalue weighted by Crippen LogP contribution is -2.37. The predicted molar refractivity (Wildman–Crippen MR) is 131 cm³/mol. The molecule has 0 N–H and O–H groups in total. The average Bonchev–Trinajstić information content (AvgIpc) is 3.60. The zero-order valence-electron chi connectivity index (χ0n) is 20.7. The number of hydrogen-bond acceptors (Lipinski definition) is 5. The first-order chi connectivity index (χ1) is 18.2. The highest BCUT2D eigenvalue weighted by atomic mass is 19.4. The third-order valence-electron chi connectivity index (χ3n) is 6.93. The zero-order valence-corrected chi connectivity index (χ0v) is 20.7. The van der Waals surface area contributed by atoms with E-state index < -0.39 is 11.9 Å². The quantitative estimate of drug-likeness (QED) is 0.383. The van der Waals surface area contributed by atoms with E-state index in [2.05, 4.69) is 10.1 Å². The maximum Gasteiger partial charge on any atom is 0.435 e. The van der Waals surface area contributed by atoms with Crippen LogP contribution in [0.5, 0.6) is 11.5 Å². The highest BCUT2D eigenvalue weighted by Crippen LogP contribution is 2.40. The van der Waals surface area contributed by atoms with E-state index in [9.17, 15) is 18.0 Å². The van der Waals surface area contributed by atoms with Gasteiger partial charge in [0.25, 0.3) is 5.91 Å². The average molecular weight is 524 g/mol. The van der Waals surface area contributed by atoms with Gasteiger partial charge in [0.2, 0.25) is 6.79 Å². The van der Waals surface area contributed by atoms with Crippen LogP contribution in [0.3, 0.4) is 0 Å². The number of aryl methyl sites for hydroxylation is 2. The second kappa shape index (κ2) is 8.93. The number of carbonyl (C=O) groups is 1. The van der Waals surface area contributed by atoms with E-state index >= 15 is 0 Å². The molecule has 4 heterocycles. The Morgan fingerprint density at radius 1 is 1.00 bits per heavy atom. The predicted octanol–water partition coefficient (Wildman–Crippen LogP) is 4.59. The van der Waals surface area contributed by atoms with Crippen molar-refractivity contribution >= 4 is 5.91 Å². The van der Waals surface area contributed by atoms with Crippen LogP contribution in [0.25, 0.3) is 11.1 Å². The summed E-state index contributed by atoms with van der Waals surface area (Å²) in [5, 5.41) is 3.70. The van der Waals surface area contributed by atoms with Gasteiger partial charge in [0, 0.05) is 56.4 Å². The fourth-order valence-electron chi connectivity index (χ4n) is 5.12. The molecule has 0 aliphatic carbocycles. The smallest absolute Gasteiger partial charge is 0.435 e. The second-order valence-corrected chi connectivity index (χ2v) is 9.50. The van der Waals surface area contributed by atoms with Gasteiger partial charge in [0.1, 0.15) is 5.82 Å². The monoisotopic (exact) mass is 523 g/mol. The molecule has 2 aromatic carbocycles. The van der Waals surface area contributed by atoms with E-state index in [1.807, 2.05) is 29.7 Å². The number of benzene rings is 2. The van der Waals surface area contributed by atoms with Crippen molar-refractivity contribution in [2.24, 2.45) is 7.05 Å².